The van der Waals surface area contributed by atoms with Gasteiger partial charge in [-0.15, -0.1) is 12.4 Å². The number of ether oxygens (including phenoxy) is 1. The van der Waals surface area contributed by atoms with E-state index in [1.54, 1.807) is 20.8 Å². The van der Waals surface area contributed by atoms with Crippen LogP contribution < -0.4 is 5.73 Å². The maximum Gasteiger partial charge on any atom is 0.449 e. The molecule has 0 spiro atoms. The number of benzene rings is 1. The lowest BCUT2D eigenvalue weighted by Gasteiger charge is -2.30. The Bertz CT molecular complexity index is 1150. The van der Waals surface area contributed by atoms with E-state index in [-0.39, 0.29) is 56.1 Å². The van der Waals surface area contributed by atoms with E-state index in [1.165, 1.54) is 4.90 Å². The summed E-state index contributed by atoms with van der Waals surface area (Å²) >= 11 is 0. The molecule has 1 atom stereocenters. The smallest absolute Gasteiger partial charge is 0.449 e. The lowest BCUT2D eigenvalue weighted by Crippen LogP contribution is -2.42. The molecule has 0 aliphatic carbocycles. The van der Waals surface area contributed by atoms with Gasteiger partial charge >= 0.3 is 12.1 Å². The summed E-state index contributed by atoms with van der Waals surface area (Å²) in [5, 5.41) is 0. The third kappa shape index (κ3) is 6.69. The molecule has 2 aromatic rings. The number of imidazole rings is 1. The standard InChI is InChI=1S/C22H24F6N4O3.ClH/c1-21(2,3)35-19(34)18-16-10-31(4-5-32(16)20(30-18)22(26,27)28)17(33)8-12(29)6-11-7-14(24)15(25)9-13(11)23;/h7,9,12H,4-6,8,10,29H2,1-3H3;1H/t12-;/m1./s1. The fourth-order valence-corrected chi connectivity index (χ4v) is 3.72. The number of rotatable bonds is 5. The Morgan fingerprint density at radius 3 is 2.28 bits per heavy atom. The van der Waals surface area contributed by atoms with Crippen LogP contribution in [0.1, 0.15) is 54.8 Å². The van der Waals surface area contributed by atoms with Crippen LogP contribution in [-0.4, -0.2) is 44.5 Å². The van der Waals surface area contributed by atoms with E-state index in [9.17, 15) is 35.9 Å². The number of alkyl halides is 3. The van der Waals surface area contributed by atoms with Crippen LogP contribution in [0.3, 0.4) is 0 Å². The largest absolute Gasteiger partial charge is 0.455 e. The number of nitrogens with two attached hydrogens (primary N) is 1. The van der Waals surface area contributed by atoms with Crippen molar-refractivity contribution in [3.05, 3.63) is 52.4 Å². The highest BCUT2D eigenvalue weighted by molar-refractivity contribution is 5.89. The predicted molar refractivity (Wildman–Crippen MR) is 118 cm³/mol. The number of fused-ring (bicyclic) bond motifs is 1. The average molecular weight is 543 g/mol. The van der Waals surface area contributed by atoms with Gasteiger partial charge in [0.05, 0.1) is 12.2 Å². The molecule has 0 fully saturated rings. The minimum absolute atomic E-state index is 0. The van der Waals surface area contributed by atoms with Crippen molar-refractivity contribution in [1.29, 1.82) is 0 Å². The minimum Gasteiger partial charge on any atom is -0.455 e. The molecular weight excluding hydrogens is 518 g/mol. The Labute approximate surface area is 209 Å². The zero-order chi connectivity index (χ0) is 26.3. The summed E-state index contributed by atoms with van der Waals surface area (Å²) in [6.45, 7) is 3.88. The highest BCUT2D eigenvalue weighted by Gasteiger charge is 2.42. The summed E-state index contributed by atoms with van der Waals surface area (Å²) in [5.41, 5.74) is 4.02. The Balaban J connectivity index is 0.00000456. The molecule has 1 aliphatic rings. The Kier molecular flexibility index (Phi) is 8.72. The molecule has 2 heterocycles. The predicted octanol–water partition coefficient (Wildman–Crippen LogP) is 4.00. The third-order valence-electron chi connectivity index (χ3n) is 5.21. The Morgan fingerprint density at radius 1 is 1.08 bits per heavy atom. The third-order valence-corrected chi connectivity index (χ3v) is 5.21. The van der Waals surface area contributed by atoms with Crippen molar-refractivity contribution in [2.45, 2.75) is 64.5 Å². The first kappa shape index (κ1) is 29.4. The van der Waals surface area contributed by atoms with Crippen LogP contribution in [0.4, 0.5) is 26.3 Å². The lowest BCUT2D eigenvalue weighted by molar-refractivity contribution is -0.148. The number of nitrogens with zero attached hydrogens (tertiary/aromatic N) is 3. The second-order valence-electron chi connectivity index (χ2n) is 9.22. The number of halogens is 7. The highest BCUT2D eigenvalue weighted by Crippen LogP contribution is 2.33. The summed E-state index contributed by atoms with van der Waals surface area (Å²) in [6.07, 6.45) is -5.46. The van der Waals surface area contributed by atoms with Crippen LogP contribution in [0.5, 0.6) is 0 Å². The van der Waals surface area contributed by atoms with Gasteiger partial charge in [0.25, 0.3) is 0 Å². The molecule has 1 amide bonds. The molecule has 200 valence electrons. The van der Waals surface area contributed by atoms with Gasteiger partial charge in [0.1, 0.15) is 11.4 Å². The van der Waals surface area contributed by atoms with Crippen molar-refractivity contribution in [3.63, 3.8) is 0 Å². The van der Waals surface area contributed by atoms with Crippen molar-refractivity contribution in [1.82, 2.24) is 14.5 Å². The second kappa shape index (κ2) is 10.7. The van der Waals surface area contributed by atoms with Gasteiger partial charge in [-0.3, -0.25) is 4.79 Å². The maximum absolute atomic E-state index is 13.9. The molecule has 1 aromatic carbocycles. The summed E-state index contributed by atoms with van der Waals surface area (Å²) in [5.74, 6) is -6.55. The van der Waals surface area contributed by atoms with Gasteiger partial charge in [-0.2, -0.15) is 13.2 Å². The second-order valence-corrected chi connectivity index (χ2v) is 9.22. The number of aromatic nitrogens is 2. The average Bonchev–Trinajstić information content (AvgIpc) is 3.10. The Morgan fingerprint density at radius 2 is 1.69 bits per heavy atom. The maximum atomic E-state index is 13.9. The van der Waals surface area contributed by atoms with E-state index in [0.29, 0.717) is 12.1 Å². The molecule has 0 radical (unpaired) electrons. The molecular formula is C22H25ClF6N4O3. The van der Waals surface area contributed by atoms with E-state index >= 15 is 0 Å². The van der Waals surface area contributed by atoms with Crippen molar-refractivity contribution < 1.29 is 40.7 Å². The normalized spacial score (nSPS) is 14.7. The zero-order valence-electron chi connectivity index (χ0n) is 19.6. The van der Waals surface area contributed by atoms with Gasteiger partial charge in [0.15, 0.2) is 17.3 Å². The number of hydrogen-bond acceptors (Lipinski definition) is 5. The van der Waals surface area contributed by atoms with Crippen LogP contribution in [0.25, 0.3) is 0 Å². The van der Waals surface area contributed by atoms with Crippen LogP contribution in [0.15, 0.2) is 12.1 Å². The molecule has 7 nitrogen and oxygen atoms in total. The molecule has 1 aromatic heterocycles. The van der Waals surface area contributed by atoms with E-state index < -0.39 is 58.7 Å². The Hall–Kier alpha value is -2.80. The van der Waals surface area contributed by atoms with Crippen LogP contribution in [0.2, 0.25) is 0 Å². The minimum atomic E-state index is -4.84. The van der Waals surface area contributed by atoms with E-state index in [2.05, 4.69) is 4.98 Å². The van der Waals surface area contributed by atoms with Crippen molar-refractivity contribution >= 4 is 24.3 Å². The van der Waals surface area contributed by atoms with Gasteiger partial charge < -0.3 is 19.9 Å². The molecule has 1 aliphatic heterocycles. The first-order valence-electron chi connectivity index (χ1n) is 10.6. The molecule has 0 saturated heterocycles. The summed E-state index contributed by atoms with van der Waals surface area (Å²) in [7, 11) is 0. The first-order chi connectivity index (χ1) is 16.1. The van der Waals surface area contributed by atoms with Gasteiger partial charge in [0.2, 0.25) is 11.7 Å². The van der Waals surface area contributed by atoms with E-state index in [1.807, 2.05) is 0 Å². The number of amides is 1. The lowest BCUT2D eigenvalue weighted by atomic mass is 10.0. The number of carbonyl (C=O) groups is 2. The molecule has 0 saturated carbocycles. The molecule has 0 bridgehead atoms. The molecule has 3 rings (SSSR count). The first-order valence-corrected chi connectivity index (χ1v) is 10.6. The highest BCUT2D eigenvalue weighted by atomic mass is 35.5. The molecule has 2 N–H and O–H groups in total. The van der Waals surface area contributed by atoms with Crippen LogP contribution >= 0.6 is 12.4 Å². The van der Waals surface area contributed by atoms with Crippen LogP contribution in [0, 0.1) is 17.5 Å². The van der Waals surface area contributed by atoms with E-state index in [0.717, 1.165) is 4.57 Å². The van der Waals surface area contributed by atoms with Gasteiger partial charge in [-0.25, -0.2) is 22.9 Å². The molecule has 36 heavy (non-hydrogen) atoms. The zero-order valence-corrected chi connectivity index (χ0v) is 20.4. The fraction of sp³-hybridized carbons (Fsp3) is 0.500. The fourth-order valence-electron chi connectivity index (χ4n) is 3.72. The van der Waals surface area contributed by atoms with Crippen LogP contribution in [-0.2, 0) is 35.2 Å². The van der Waals surface area contributed by atoms with E-state index in [4.69, 9.17) is 10.5 Å². The molecule has 14 heteroatoms. The summed E-state index contributed by atoms with van der Waals surface area (Å²) < 4.78 is 86.9. The SMILES string of the molecule is CC(C)(C)OC(=O)c1nc(C(F)(F)F)n2c1CN(C(=O)C[C@H](N)Cc1cc(F)c(F)cc1F)CC2.Cl. The number of carbonyl (C=O) groups excluding carboxylic acids is 2. The van der Waals surface area contributed by atoms with Gasteiger partial charge in [-0.1, -0.05) is 0 Å². The topological polar surface area (TPSA) is 90.5 Å². The number of esters is 1. The van der Waals surface area contributed by atoms with Gasteiger partial charge in [-0.05, 0) is 38.8 Å². The quantitative estimate of drug-likeness (QED) is 0.350. The van der Waals surface area contributed by atoms with Gasteiger partial charge in [0, 0.05) is 31.6 Å². The molecule has 0 unspecified atom stereocenters. The van der Waals surface area contributed by atoms with Crippen molar-refractivity contribution in [2.24, 2.45) is 5.73 Å². The monoisotopic (exact) mass is 542 g/mol. The summed E-state index contributed by atoms with van der Waals surface area (Å²) in [4.78, 5) is 30.0. The van der Waals surface area contributed by atoms with Crippen molar-refractivity contribution in [3.8, 4) is 0 Å². The number of hydrogen-bond donors (Lipinski definition) is 1. The van der Waals surface area contributed by atoms with Crippen molar-refractivity contribution in [2.75, 3.05) is 6.54 Å². The summed E-state index contributed by atoms with van der Waals surface area (Å²) in [6, 6.07) is 0.0477.